The standard InChI is InChI=1S/C20H29N3O3/c1-4-7-14-22(6-3)17(24)15-23-18(25)20(13-5-2,21-19(23)26)16-11-9-8-10-12-16/h8-12H,4-7,13-15H2,1-3H3,(H,21,26)/t20-/m1/s1. The van der Waals surface area contributed by atoms with Crippen LogP contribution in [0.4, 0.5) is 4.79 Å². The van der Waals surface area contributed by atoms with Gasteiger partial charge in [0.05, 0.1) is 0 Å². The molecule has 1 aromatic carbocycles. The van der Waals surface area contributed by atoms with Gasteiger partial charge in [-0.15, -0.1) is 0 Å². The van der Waals surface area contributed by atoms with Crippen molar-refractivity contribution in [2.24, 2.45) is 0 Å². The Morgan fingerprint density at radius 3 is 2.38 bits per heavy atom. The van der Waals surface area contributed by atoms with Crippen LogP contribution in [0.1, 0.15) is 52.0 Å². The summed E-state index contributed by atoms with van der Waals surface area (Å²) in [4.78, 5) is 41.0. The molecule has 0 aromatic heterocycles. The van der Waals surface area contributed by atoms with Crippen molar-refractivity contribution in [3.63, 3.8) is 0 Å². The lowest BCUT2D eigenvalue weighted by atomic mass is 9.85. The second-order valence-corrected chi connectivity index (χ2v) is 6.67. The molecule has 0 spiro atoms. The molecule has 1 aliphatic rings. The minimum absolute atomic E-state index is 0.190. The van der Waals surface area contributed by atoms with Gasteiger partial charge in [0, 0.05) is 13.1 Å². The number of imide groups is 1. The number of hydrogen-bond acceptors (Lipinski definition) is 3. The van der Waals surface area contributed by atoms with Gasteiger partial charge >= 0.3 is 6.03 Å². The Balaban J connectivity index is 2.22. The summed E-state index contributed by atoms with van der Waals surface area (Å²) in [5.41, 5.74) is -0.318. The number of unbranched alkanes of at least 4 members (excludes halogenated alkanes) is 1. The lowest BCUT2D eigenvalue weighted by Crippen LogP contribution is -2.46. The van der Waals surface area contributed by atoms with Gasteiger partial charge in [0.15, 0.2) is 0 Å². The van der Waals surface area contributed by atoms with Crippen LogP contribution >= 0.6 is 0 Å². The van der Waals surface area contributed by atoms with E-state index in [-0.39, 0.29) is 18.4 Å². The molecule has 0 bridgehead atoms. The molecule has 1 saturated heterocycles. The molecule has 6 nitrogen and oxygen atoms in total. The van der Waals surface area contributed by atoms with E-state index in [0.29, 0.717) is 19.5 Å². The zero-order valence-corrected chi connectivity index (χ0v) is 16.0. The van der Waals surface area contributed by atoms with Crippen molar-refractivity contribution in [3.05, 3.63) is 35.9 Å². The highest BCUT2D eigenvalue weighted by molar-refractivity contribution is 6.09. The third-order valence-corrected chi connectivity index (χ3v) is 4.88. The largest absolute Gasteiger partial charge is 0.341 e. The lowest BCUT2D eigenvalue weighted by Gasteiger charge is -2.27. The molecular weight excluding hydrogens is 330 g/mol. The van der Waals surface area contributed by atoms with E-state index in [2.05, 4.69) is 12.2 Å². The zero-order valence-electron chi connectivity index (χ0n) is 16.0. The minimum atomic E-state index is -1.08. The first-order chi connectivity index (χ1) is 12.5. The molecule has 1 aromatic rings. The van der Waals surface area contributed by atoms with Gasteiger partial charge in [-0.1, -0.05) is 57.0 Å². The Hall–Kier alpha value is -2.37. The van der Waals surface area contributed by atoms with Crippen molar-refractivity contribution < 1.29 is 14.4 Å². The van der Waals surface area contributed by atoms with Gasteiger partial charge < -0.3 is 10.2 Å². The van der Waals surface area contributed by atoms with E-state index in [4.69, 9.17) is 0 Å². The molecule has 1 heterocycles. The van der Waals surface area contributed by atoms with Crippen LogP contribution in [0, 0.1) is 0 Å². The van der Waals surface area contributed by atoms with Crippen LogP contribution in [-0.4, -0.2) is 47.3 Å². The molecule has 6 heteroatoms. The lowest BCUT2D eigenvalue weighted by molar-refractivity contribution is -0.139. The maximum Gasteiger partial charge on any atom is 0.325 e. The van der Waals surface area contributed by atoms with Gasteiger partial charge in [0.2, 0.25) is 5.91 Å². The normalized spacial score (nSPS) is 19.6. The van der Waals surface area contributed by atoms with Gasteiger partial charge in [-0.05, 0) is 25.3 Å². The van der Waals surface area contributed by atoms with Crippen LogP contribution in [-0.2, 0) is 15.1 Å². The van der Waals surface area contributed by atoms with Gasteiger partial charge in [0.1, 0.15) is 12.1 Å². The molecule has 4 amide bonds. The zero-order chi connectivity index (χ0) is 19.2. The summed E-state index contributed by atoms with van der Waals surface area (Å²) in [5.74, 6) is -0.528. The van der Waals surface area contributed by atoms with Crippen molar-refractivity contribution in [1.29, 1.82) is 0 Å². The average molecular weight is 359 g/mol. The molecule has 0 saturated carbocycles. The summed E-state index contributed by atoms with van der Waals surface area (Å²) >= 11 is 0. The van der Waals surface area contributed by atoms with Crippen LogP contribution in [0.25, 0.3) is 0 Å². The van der Waals surface area contributed by atoms with E-state index in [0.717, 1.165) is 29.7 Å². The first kappa shape index (κ1) is 19.9. The van der Waals surface area contributed by atoms with Gasteiger partial charge in [0.25, 0.3) is 5.91 Å². The Morgan fingerprint density at radius 2 is 1.81 bits per heavy atom. The molecule has 142 valence electrons. The number of nitrogens with zero attached hydrogens (tertiary/aromatic N) is 2. The Bertz CT molecular complexity index is 647. The fourth-order valence-corrected chi connectivity index (χ4v) is 3.42. The number of amides is 4. The van der Waals surface area contributed by atoms with Crippen LogP contribution in [0.2, 0.25) is 0 Å². The first-order valence-electron chi connectivity index (χ1n) is 9.47. The third kappa shape index (κ3) is 3.89. The summed E-state index contributed by atoms with van der Waals surface area (Å²) in [5, 5.41) is 2.86. The fraction of sp³-hybridized carbons (Fsp3) is 0.550. The Labute approximate surface area is 155 Å². The van der Waals surface area contributed by atoms with Gasteiger partial charge in [-0.3, -0.25) is 14.5 Å². The molecular formula is C20H29N3O3. The first-order valence-corrected chi connectivity index (χ1v) is 9.47. The smallest absolute Gasteiger partial charge is 0.325 e. The second-order valence-electron chi connectivity index (χ2n) is 6.67. The summed E-state index contributed by atoms with van der Waals surface area (Å²) < 4.78 is 0. The number of hydrogen-bond donors (Lipinski definition) is 1. The van der Waals surface area contributed by atoms with E-state index in [1.165, 1.54) is 0 Å². The maximum absolute atomic E-state index is 13.2. The van der Waals surface area contributed by atoms with Crippen molar-refractivity contribution in [2.45, 2.75) is 52.0 Å². The average Bonchev–Trinajstić information content (AvgIpc) is 2.88. The highest BCUT2D eigenvalue weighted by atomic mass is 16.2. The minimum Gasteiger partial charge on any atom is -0.341 e. The summed E-state index contributed by atoms with van der Waals surface area (Å²) in [6, 6.07) is 8.77. The highest BCUT2D eigenvalue weighted by Gasteiger charge is 2.52. The number of benzene rings is 1. The predicted molar refractivity (Wildman–Crippen MR) is 100 cm³/mol. The SMILES string of the molecule is CCCCN(CC)C(=O)CN1C(=O)N[C@](CCC)(c2ccccc2)C1=O. The van der Waals surface area contributed by atoms with Crippen molar-refractivity contribution >= 4 is 17.8 Å². The molecule has 26 heavy (non-hydrogen) atoms. The van der Waals surface area contributed by atoms with Crippen molar-refractivity contribution in [1.82, 2.24) is 15.1 Å². The molecule has 0 radical (unpaired) electrons. The number of likely N-dealkylation sites (N-methyl/N-ethyl adjacent to an activating group) is 1. The summed E-state index contributed by atoms with van der Waals surface area (Å²) in [6.45, 7) is 6.96. The topological polar surface area (TPSA) is 69.7 Å². The van der Waals surface area contributed by atoms with E-state index in [1.807, 2.05) is 44.2 Å². The number of nitrogens with one attached hydrogen (secondary N) is 1. The molecule has 0 unspecified atom stereocenters. The molecule has 1 atom stereocenters. The van der Waals surface area contributed by atoms with E-state index in [1.54, 1.807) is 4.90 Å². The number of rotatable bonds is 9. The molecule has 1 N–H and O–H groups in total. The van der Waals surface area contributed by atoms with Crippen molar-refractivity contribution in [3.8, 4) is 0 Å². The Morgan fingerprint density at radius 1 is 1.12 bits per heavy atom. The number of urea groups is 1. The van der Waals surface area contributed by atoms with Gasteiger partial charge in [-0.25, -0.2) is 4.79 Å². The monoisotopic (exact) mass is 359 g/mol. The maximum atomic E-state index is 13.2. The summed E-state index contributed by atoms with van der Waals surface area (Å²) in [7, 11) is 0. The van der Waals surface area contributed by atoms with Crippen LogP contribution in [0.3, 0.4) is 0 Å². The summed E-state index contributed by atoms with van der Waals surface area (Å²) in [6.07, 6.45) is 3.13. The van der Waals surface area contributed by atoms with Crippen molar-refractivity contribution in [2.75, 3.05) is 19.6 Å². The molecule has 1 aliphatic heterocycles. The number of carbonyl (C=O) groups excluding carboxylic acids is 3. The van der Waals surface area contributed by atoms with E-state index >= 15 is 0 Å². The van der Waals surface area contributed by atoms with E-state index < -0.39 is 11.6 Å². The fourth-order valence-electron chi connectivity index (χ4n) is 3.42. The predicted octanol–water partition coefficient (Wildman–Crippen LogP) is 2.88. The molecule has 2 rings (SSSR count). The van der Waals surface area contributed by atoms with Crippen LogP contribution in [0.15, 0.2) is 30.3 Å². The molecule has 0 aliphatic carbocycles. The second kappa shape index (κ2) is 8.83. The van der Waals surface area contributed by atoms with Crippen LogP contribution in [0.5, 0.6) is 0 Å². The number of carbonyl (C=O) groups is 3. The van der Waals surface area contributed by atoms with Crippen LogP contribution < -0.4 is 5.32 Å². The van der Waals surface area contributed by atoms with E-state index in [9.17, 15) is 14.4 Å². The quantitative estimate of drug-likeness (QED) is 0.689. The molecule has 1 fully saturated rings. The third-order valence-electron chi connectivity index (χ3n) is 4.88. The Kier molecular flexibility index (Phi) is 6.77. The highest BCUT2D eigenvalue weighted by Crippen LogP contribution is 2.33. The van der Waals surface area contributed by atoms with Gasteiger partial charge in [-0.2, -0.15) is 0 Å².